The Kier molecular flexibility index (Phi) is 9.89. The molecule has 40 heavy (non-hydrogen) atoms. The summed E-state index contributed by atoms with van der Waals surface area (Å²) in [4.78, 5) is 19.9. The van der Waals surface area contributed by atoms with E-state index in [1.165, 1.54) is 0 Å². The monoisotopic (exact) mass is 605 g/mol. The lowest BCUT2D eigenvalue weighted by atomic mass is 9.94. The minimum atomic E-state index is -2.10. The van der Waals surface area contributed by atoms with Gasteiger partial charge in [-0.05, 0) is 55.1 Å². The van der Waals surface area contributed by atoms with Crippen molar-refractivity contribution in [3.63, 3.8) is 0 Å². The molecule has 0 aliphatic carbocycles. The van der Waals surface area contributed by atoms with E-state index in [4.69, 9.17) is 37.1 Å². The van der Waals surface area contributed by atoms with Gasteiger partial charge in [0, 0.05) is 13.7 Å². The van der Waals surface area contributed by atoms with Crippen LogP contribution in [0.4, 0.5) is 4.79 Å². The first-order valence-corrected chi connectivity index (χ1v) is 17.5. The molecule has 1 aromatic heterocycles. The van der Waals surface area contributed by atoms with E-state index in [2.05, 4.69) is 38.8 Å². The molecule has 1 fully saturated rings. The number of aromatic nitrogens is 2. The minimum absolute atomic E-state index is 0.0462. The third kappa shape index (κ3) is 7.20. The van der Waals surface area contributed by atoms with Crippen molar-refractivity contribution in [2.45, 2.75) is 89.6 Å². The average Bonchev–Trinajstić information content (AvgIpc) is 3.28. The summed E-state index contributed by atoms with van der Waals surface area (Å²) in [5, 5.41) is 0.998. The molecular formula is C30H41Cl2N3O4Si. The molecule has 1 saturated heterocycles. The molecule has 0 saturated carbocycles. The van der Waals surface area contributed by atoms with E-state index in [1.54, 1.807) is 19.5 Å². The predicted molar refractivity (Wildman–Crippen MR) is 164 cm³/mol. The van der Waals surface area contributed by atoms with Crippen LogP contribution in [0.1, 0.15) is 45.6 Å². The normalized spacial score (nSPS) is 19.1. The van der Waals surface area contributed by atoms with Gasteiger partial charge >= 0.3 is 6.09 Å². The quantitative estimate of drug-likeness (QED) is 0.232. The second-order valence-corrected chi connectivity index (χ2v) is 17.7. The van der Waals surface area contributed by atoms with Crippen molar-refractivity contribution in [2.24, 2.45) is 0 Å². The third-order valence-corrected chi connectivity index (χ3v) is 13.5. The number of rotatable bonds is 9. The summed E-state index contributed by atoms with van der Waals surface area (Å²) >= 11 is 12.5. The Morgan fingerprint density at radius 3 is 2.52 bits per heavy atom. The largest absolute Gasteiger partial charge is 0.445 e. The Morgan fingerprint density at radius 1 is 1.15 bits per heavy atom. The molecule has 1 aliphatic heterocycles. The summed E-state index contributed by atoms with van der Waals surface area (Å²) in [5.74, 6) is 0. The van der Waals surface area contributed by atoms with Gasteiger partial charge in [-0.1, -0.05) is 74.3 Å². The molecule has 0 radical (unpaired) electrons. The van der Waals surface area contributed by atoms with Gasteiger partial charge in [0.2, 0.25) is 0 Å². The minimum Gasteiger partial charge on any atom is -0.445 e. The van der Waals surface area contributed by atoms with Crippen molar-refractivity contribution in [1.82, 2.24) is 14.5 Å². The van der Waals surface area contributed by atoms with E-state index in [0.717, 1.165) is 29.4 Å². The Balaban J connectivity index is 1.58. The maximum atomic E-state index is 13.5. The molecular weight excluding hydrogens is 565 g/mol. The van der Waals surface area contributed by atoms with Crippen LogP contribution < -0.4 is 0 Å². The fourth-order valence-corrected chi connectivity index (χ4v) is 6.66. The summed E-state index contributed by atoms with van der Waals surface area (Å²) in [6.45, 7) is 12.6. The molecule has 0 N–H and O–H groups in total. The number of hydrogen-bond acceptors (Lipinski definition) is 5. The zero-order chi connectivity index (χ0) is 29.1. The van der Waals surface area contributed by atoms with E-state index in [-0.39, 0.29) is 36.0 Å². The summed E-state index contributed by atoms with van der Waals surface area (Å²) in [5.41, 5.74) is 2.61. The summed E-state index contributed by atoms with van der Waals surface area (Å²) in [6, 6.07) is 13.2. The standard InChI is InChI=1S/C30H41Cl2N3O4Si/c1-30(2,3)40(5,6)39-28-13-10-14-35(29(36)38-19-21-11-8-7-9-12-21)27(28)15-22(37-4)18-34-20-33-25-16-23(31)24(32)17-26(25)34/h7-9,11-12,16-17,20,22,27-28H,10,13-15,18-19H2,1-6H3/t22?,27-,28+/m1/s1. The van der Waals surface area contributed by atoms with Crippen LogP contribution >= 0.6 is 23.2 Å². The molecule has 1 amide bonds. The lowest BCUT2D eigenvalue weighted by Crippen LogP contribution is -2.57. The Labute approximate surface area is 248 Å². The van der Waals surface area contributed by atoms with E-state index < -0.39 is 8.32 Å². The summed E-state index contributed by atoms with van der Waals surface area (Å²) in [6.07, 6.45) is 3.49. The van der Waals surface area contributed by atoms with Gasteiger partial charge in [0.05, 0.1) is 52.2 Å². The SMILES string of the molecule is COC(C[C@@H]1[C@@H](O[Si](C)(C)C(C)(C)C)CCCN1C(=O)OCc1ccccc1)Cn1cnc2cc(Cl)c(Cl)cc21. The van der Waals surface area contributed by atoms with Crippen LogP contribution in [-0.2, 0) is 27.1 Å². The maximum Gasteiger partial charge on any atom is 0.410 e. The van der Waals surface area contributed by atoms with Crippen LogP contribution in [0.25, 0.3) is 11.0 Å². The molecule has 218 valence electrons. The van der Waals surface area contributed by atoms with Crippen LogP contribution in [0.15, 0.2) is 48.8 Å². The number of hydrogen-bond donors (Lipinski definition) is 0. The molecule has 2 heterocycles. The molecule has 1 aliphatic rings. The number of fused-ring (bicyclic) bond motifs is 1. The fraction of sp³-hybridized carbons (Fsp3) is 0.533. The number of amides is 1. The summed E-state index contributed by atoms with van der Waals surface area (Å²) in [7, 11) is -0.398. The average molecular weight is 607 g/mol. The van der Waals surface area contributed by atoms with Gasteiger partial charge in [0.25, 0.3) is 0 Å². The van der Waals surface area contributed by atoms with Gasteiger partial charge < -0.3 is 23.4 Å². The molecule has 4 rings (SSSR count). The highest BCUT2D eigenvalue weighted by atomic mass is 35.5. The maximum absolute atomic E-state index is 13.5. The Bertz CT molecular complexity index is 1300. The van der Waals surface area contributed by atoms with Gasteiger partial charge in [-0.3, -0.25) is 0 Å². The number of likely N-dealkylation sites (tertiary alicyclic amines) is 1. The Morgan fingerprint density at radius 2 is 1.85 bits per heavy atom. The van der Waals surface area contributed by atoms with E-state index in [9.17, 15) is 4.79 Å². The topological polar surface area (TPSA) is 65.8 Å². The van der Waals surface area contributed by atoms with E-state index in [1.807, 2.05) is 45.9 Å². The van der Waals surface area contributed by atoms with Crippen molar-refractivity contribution in [3.8, 4) is 0 Å². The molecule has 0 spiro atoms. The number of imidazole rings is 1. The number of nitrogens with zero attached hydrogens (tertiary/aromatic N) is 3. The van der Waals surface area contributed by atoms with Crippen LogP contribution in [0.3, 0.4) is 0 Å². The molecule has 0 bridgehead atoms. The van der Waals surface area contributed by atoms with Gasteiger partial charge in [-0.2, -0.15) is 0 Å². The highest BCUT2D eigenvalue weighted by Crippen LogP contribution is 2.40. The number of methoxy groups -OCH3 is 1. The number of halogens is 2. The molecule has 3 aromatic rings. The number of benzene rings is 2. The molecule has 2 aromatic carbocycles. The van der Waals surface area contributed by atoms with Gasteiger partial charge in [0.1, 0.15) is 6.61 Å². The fourth-order valence-electron chi connectivity index (χ4n) is 4.96. The second kappa shape index (κ2) is 12.8. The van der Waals surface area contributed by atoms with Crippen molar-refractivity contribution < 1.29 is 18.7 Å². The van der Waals surface area contributed by atoms with Gasteiger partial charge in [-0.25, -0.2) is 9.78 Å². The summed E-state index contributed by atoms with van der Waals surface area (Å²) < 4.78 is 20.8. The van der Waals surface area contributed by atoms with E-state index in [0.29, 0.717) is 29.6 Å². The Hall–Kier alpha value is -2.10. The van der Waals surface area contributed by atoms with Crippen molar-refractivity contribution in [2.75, 3.05) is 13.7 Å². The van der Waals surface area contributed by atoms with Crippen LogP contribution in [0.2, 0.25) is 28.2 Å². The van der Waals surface area contributed by atoms with Gasteiger partial charge in [0.15, 0.2) is 8.32 Å². The lowest BCUT2D eigenvalue weighted by molar-refractivity contribution is -0.0213. The zero-order valence-electron chi connectivity index (χ0n) is 24.3. The number of ether oxygens (including phenoxy) is 2. The second-order valence-electron chi connectivity index (χ2n) is 12.1. The molecule has 1 unspecified atom stereocenters. The van der Waals surface area contributed by atoms with Crippen molar-refractivity contribution in [1.29, 1.82) is 0 Å². The van der Waals surface area contributed by atoms with Crippen LogP contribution in [-0.4, -0.2) is 60.8 Å². The number of piperidine rings is 1. The van der Waals surface area contributed by atoms with Gasteiger partial charge in [-0.15, -0.1) is 0 Å². The molecule has 7 nitrogen and oxygen atoms in total. The lowest BCUT2D eigenvalue weighted by Gasteiger charge is -2.47. The highest BCUT2D eigenvalue weighted by molar-refractivity contribution is 6.74. The first-order valence-electron chi connectivity index (χ1n) is 13.9. The first-order chi connectivity index (χ1) is 18.9. The smallest absolute Gasteiger partial charge is 0.410 e. The zero-order valence-corrected chi connectivity index (χ0v) is 26.8. The first kappa shape index (κ1) is 30.8. The highest BCUT2D eigenvalue weighted by Gasteiger charge is 2.44. The van der Waals surface area contributed by atoms with Crippen molar-refractivity contribution in [3.05, 3.63) is 64.4 Å². The predicted octanol–water partition coefficient (Wildman–Crippen LogP) is 7.94. The van der Waals surface area contributed by atoms with Crippen LogP contribution in [0.5, 0.6) is 0 Å². The van der Waals surface area contributed by atoms with Crippen LogP contribution in [0, 0.1) is 0 Å². The van der Waals surface area contributed by atoms with Crippen molar-refractivity contribution >= 4 is 48.6 Å². The van der Waals surface area contributed by atoms with E-state index >= 15 is 0 Å². The number of carbonyl (C=O) groups excluding carboxylic acids is 1. The molecule has 10 heteroatoms. The molecule has 3 atom stereocenters. The third-order valence-electron chi connectivity index (χ3n) is 8.31. The number of carbonyl (C=O) groups is 1.